The lowest BCUT2D eigenvalue weighted by Crippen LogP contribution is -2.27. The van der Waals surface area contributed by atoms with Gasteiger partial charge in [0.15, 0.2) is 0 Å². The molecule has 2 amide bonds. The van der Waals surface area contributed by atoms with Crippen molar-refractivity contribution in [1.29, 1.82) is 0 Å². The highest BCUT2D eigenvalue weighted by molar-refractivity contribution is 8.18. The van der Waals surface area contributed by atoms with Gasteiger partial charge >= 0.3 is 0 Å². The Labute approximate surface area is 122 Å². The number of nitrogens with zero attached hydrogens (tertiary/aromatic N) is 2. The van der Waals surface area contributed by atoms with Crippen LogP contribution in [0.2, 0.25) is 0 Å². The van der Waals surface area contributed by atoms with Crippen LogP contribution in [-0.2, 0) is 4.79 Å². The van der Waals surface area contributed by atoms with Crippen LogP contribution >= 0.6 is 11.8 Å². The molecule has 1 aromatic carbocycles. The van der Waals surface area contributed by atoms with Gasteiger partial charge in [0.2, 0.25) is 0 Å². The first kappa shape index (κ1) is 14.4. The molecular weight excluding hydrogens is 272 g/mol. The number of amides is 2. The van der Waals surface area contributed by atoms with Crippen molar-refractivity contribution in [3.63, 3.8) is 0 Å². The van der Waals surface area contributed by atoms with Crippen molar-refractivity contribution < 1.29 is 9.59 Å². The topological polar surface area (TPSA) is 40.6 Å². The van der Waals surface area contributed by atoms with Crippen molar-refractivity contribution in [3.8, 4) is 0 Å². The fourth-order valence-corrected chi connectivity index (χ4v) is 2.65. The van der Waals surface area contributed by atoms with Crippen LogP contribution in [-0.4, -0.2) is 36.7 Å². The zero-order chi connectivity index (χ0) is 14.7. The van der Waals surface area contributed by atoms with E-state index in [1.807, 2.05) is 43.3 Å². The van der Waals surface area contributed by atoms with Crippen LogP contribution in [0.4, 0.5) is 10.5 Å². The van der Waals surface area contributed by atoms with Crippen molar-refractivity contribution in [3.05, 3.63) is 47.4 Å². The Balaban J connectivity index is 2.21. The molecule has 104 valence electrons. The summed E-state index contributed by atoms with van der Waals surface area (Å²) in [5, 5.41) is -0.244. The lowest BCUT2D eigenvalue weighted by atomic mass is 10.2. The number of carbonyl (C=O) groups is 2. The maximum Gasteiger partial charge on any atom is 0.293 e. The van der Waals surface area contributed by atoms with Gasteiger partial charge in [0.25, 0.3) is 11.1 Å². The van der Waals surface area contributed by atoms with E-state index in [2.05, 4.69) is 6.58 Å². The van der Waals surface area contributed by atoms with Gasteiger partial charge in [-0.25, -0.2) is 0 Å². The Hall–Kier alpha value is -2.01. The second kappa shape index (κ2) is 5.96. The van der Waals surface area contributed by atoms with E-state index in [1.165, 1.54) is 4.90 Å². The molecule has 0 N–H and O–H groups in total. The molecule has 2 rings (SSSR count). The van der Waals surface area contributed by atoms with E-state index < -0.39 is 0 Å². The second-order valence-corrected chi connectivity index (χ2v) is 5.56. The summed E-state index contributed by atoms with van der Waals surface area (Å²) < 4.78 is 0. The van der Waals surface area contributed by atoms with E-state index in [4.69, 9.17) is 0 Å². The molecular formula is C15H16N2O2S. The van der Waals surface area contributed by atoms with Crippen molar-refractivity contribution in [2.24, 2.45) is 0 Å². The van der Waals surface area contributed by atoms with Crippen LogP contribution < -0.4 is 4.90 Å². The van der Waals surface area contributed by atoms with E-state index >= 15 is 0 Å². The third-order valence-corrected chi connectivity index (χ3v) is 3.80. The maximum atomic E-state index is 12.0. The molecule has 0 unspecified atom stereocenters. The first-order valence-corrected chi connectivity index (χ1v) is 6.98. The molecule has 1 saturated heterocycles. The number of hydrogen-bond acceptors (Lipinski definition) is 4. The lowest BCUT2D eigenvalue weighted by molar-refractivity contribution is -0.122. The summed E-state index contributed by atoms with van der Waals surface area (Å²) in [5.41, 5.74) is 1.99. The molecule has 0 bridgehead atoms. The Kier molecular flexibility index (Phi) is 4.29. The van der Waals surface area contributed by atoms with E-state index in [-0.39, 0.29) is 17.7 Å². The Morgan fingerprint density at radius 1 is 1.25 bits per heavy atom. The molecule has 5 heteroatoms. The average Bonchev–Trinajstić information content (AvgIpc) is 2.67. The van der Waals surface area contributed by atoms with Crippen molar-refractivity contribution >= 4 is 34.7 Å². The quantitative estimate of drug-likeness (QED) is 0.631. The fraction of sp³-hybridized carbons (Fsp3) is 0.200. The molecule has 1 heterocycles. The van der Waals surface area contributed by atoms with Gasteiger partial charge in [-0.1, -0.05) is 18.2 Å². The van der Waals surface area contributed by atoms with Gasteiger partial charge < -0.3 is 4.90 Å². The van der Waals surface area contributed by atoms with Crippen molar-refractivity contribution in [1.82, 2.24) is 4.90 Å². The third-order valence-electron chi connectivity index (χ3n) is 2.89. The molecule has 1 fully saturated rings. The van der Waals surface area contributed by atoms with Crippen LogP contribution in [0.25, 0.3) is 6.08 Å². The summed E-state index contributed by atoms with van der Waals surface area (Å²) in [6.07, 6.45) is 3.29. The van der Waals surface area contributed by atoms with Crippen LogP contribution in [0.1, 0.15) is 5.56 Å². The first-order chi connectivity index (χ1) is 9.52. The smallest absolute Gasteiger partial charge is 0.293 e. The van der Waals surface area contributed by atoms with Crippen LogP contribution in [0.3, 0.4) is 0 Å². The van der Waals surface area contributed by atoms with Gasteiger partial charge in [0.05, 0.1) is 4.91 Å². The Morgan fingerprint density at radius 3 is 2.45 bits per heavy atom. The van der Waals surface area contributed by atoms with Gasteiger partial charge in [-0.3, -0.25) is 14.5 Å². The Morgan fingerprint density at radius 2 is 1.90 bits per heavy atom. The monoisotopic (exact) mass is 288 g/mol. The predicted molar refractivity (Wildman–Crippen MR) is 83.6 cm³/mol. The minimum atomic E-state index is -0.253. The highest BCUT2D eigenvalue weighted by Gasteiger charge is 2.33. The van der Waals surface area contributed by atoms with E-state index in [1.54, 1.807) is 12.2 Å². The molecule has 1 aliphatic heterocycles. The summed E-state index contributed by atoms with van der Waals surface area (Å²) in [5.74, 6) is -0.253. The molecule has 20 heavy (non-hydrogen) atoms. The number of benzene rings is 1. The number of hydrogen-bond donors (Lipinski definition) is 0. The maximum absolute atomic E-state index is 12.0. The average molecular weight is 288 g/mol. The van der Waals surface area contributed by atoms with Crippen LogP contribution in [0, 0.1) is 0 Å². The van der Waals surface area contributed by atoms with E-state index in [0.717, 1.165) is 23.0 Å². The number of anilines is 1. The standard InChI is InChI=1S/C15H16N2O2S/c1-4-9-17-14(18)13(20-15(17)19)10-11-5-7-12(8-6-11)16(2)3/h4-8,10H,1,9H2,2-3H3/b13-10+. The summed E-state index contributed by atoms with van der Waals surface area (Å²) in [7, 11) is 3.94. The zero-order valence-corrected chi connectivity index (χ0v) is 12.3. The van der Waals surface area contributed by atoms with E-state index in [9.17, 15) is 9.59 Å². The van der Waals surface area contributed by atoms with Gasteiger partial charge in [-0.15, -0.1) is 6.58 Å². The van der Waals surface area contributed by atoms with Crippen LogP contribution in [0.15, 0.2) is 41.8 Å². The summed E-state index contributed by atoms with van der Waals surface area (Å²) >= 11 is 0.967. The molecule has 0 spiro atoms. The SMILES string of the molecule is C=CCN1C(=O)S/C(=C/c2ccc(N(C)C)cc2)C1=O. The molecule has 0 aliphatic carbocycles. The number of imide groups is 1. The van der Waals surface area contributed by atoms with Crippen molar-refractivity contribution in [2.75, 3.05) is 25.5 Å². The third kappa shape index (κ3) is 2.93. The van der Waals surface area contributed by atoms with Gasteiger partial charge in [-0.2, -0.15) is 0 Å². The number of carbonyl (C=O) groups excluding carboxylic acids is 2. The largest absolute Gasteiger partial charge is 0.378 e. The minimum Gasteiger partial charge on any atom is -0.378 e. The lowest BCUT2D eigenvalue weighted by Gasteiger charge is -2.11. The number of thioether (sulfide) groups is 1. The summed E-state index contributed by atoms with van der Waals surface area (Å²) in [6.45, 7) is 3.80. The molecule has 1 aromatic rings. The normalized spacial score (nSPS) is 16.9. The molecule has 4 nitrogen and oxygen atoms in total. The molecule has 0 atom stereocenters. The molecule has 0 aromatic heterocycles. The second-order valence-electron chi connectivity index (χ2n) is 4.57. The zero-order valence-electron chi connectivity index (χ0n) is 11.5. The summed E-state index contributed by atoms with van der Waals surface area (Å²) in [6, 6.07) is 7.80. The minimum absolute atomic E-state index is 0.244. The van der Waals surface area contributed by atoms with Crippen molar-refractivity contribution in [2.45, 2.75) is 0 Å². The highest BCUT2D eigenvalue weighted by atomic mass is 32.2. The Bertz CT molecular complexity index is 576. The number of rotatable bonds is 4. The van der Waals surface area contributed by atoms with Gasteiger partial charge in [-0.05, 0) is 35.5 Å². The van der Waals surface area contributed by atoms with Crippen LogP contribution in [0.5, 0.6) is 0 Å². The molecule has 0 radical (unpaired) electrons. The van der Waals surface area contributed by atoms with E-state index in [0.29, 0.717) is 4.91 Å². The van der Waals surface area contributed by atoms with Gasteiger partial charge in [0.1, 0.15) is 0 Å². The first-order valence-electron chi connectivity index (χ1n) is 6.16. The molecule has 1 aliphatic rings. The fourth-order valence-electron chi connectivity index (χ4n) is 1.81. The van der Waals surface area contributed by atoms with Gasteiger partial charge in [0, 0.05) is 26.3 Å². The molecule has 0 saturated carbocycles. The highest BCUT2D eigenvalue weighted by Crippen LogP contribution is 2.32. The predicted octanol–water partition coefficient (Wildman–Crippen LogP) is 2.97. The summed E-state index contributed by atoms with van der Waals surface area (Å²) in [4.78, 5) is 27.4.